The van der Waals surface area contributed by atoms with Gasteiger partial charge in [0.15, 0.2) is 0 Å². The van der Waals surface area contributed by atoms with Gasteiger partial charge in [-0.15, -0.1) is 0 Å². The van der Waals surface area contributed by atoms with Gasteiger partial charge >= 0.3 is 5.97 Å². The van der Waals surface area contributed by atoms with E-state index in [1.54, 1.807) is 12.1 Å². The monoisotopic (exact) mass is 271 g/mol. The van der Waals surface area contributed by atoms with Gasteiger partial charge in [0, 0.05) is 12.2 Å². The first-order valence-electron chi connectivity index (χ1n) is 6.39. The Morgan fingerprint density at radius 3 is 2.55 bits per heavy atom. The molecule has 4 heteroatoms. The van der Waals surface area contributed by atoms with E-state index in [-0.39, 0.29) is 12.1 Å². The maximum Gasteiger partial charge on any atom is 0.337 e. The summed E-state index contributed by atoms with van der Waals surface area (Å²) in [5.74, 6) is -0.981. The van der Waals surface area contributed by atoms with Gasteiger partial charge in [0.2, 0.25) is 0 Å². The van der Waals surface area contributed by atoms with Crippen LogP contribution in [0.2, 0.25) is 0 Å². The topological polar surface area (TPSA) is 69.6 Å². The summed E-state index contributed by atoms with van der Waals surface area (Å²) in [6.07, 6.45) is -0.681. The summed E-state index contributed by atoms with van der Waals surface area (Å²) < 4.78 is 0. The zero-order chi connectivity index (χ0) is 14.5. The van der Waals surface area contributed by atoms with Crippen molar-refractivity contribution in [3.8, 4) is 0 Å². The van der Waals surface area contributed by atoms with Crippen LogP contribution in [0.1, 0.15) is 27.6 Å². The number of carboxylic acid groups (broad SMARTS) is 1. The molecule has 0 aromatic heterocycles. The molecule has 1 unspecified atom stereocenters. The van der Waals surface area contributed by atoms with Crippen LogP contribution >= 0.6 is 0 Å². The van der Waals surface area contributed by atoms with Crippen molar-refractivity contribution in [2.75, 3.05) is 11.9 Å². The molecular formula is C16H17NO3. The van der Waals surface area contributed by atoms with Crippen LogP contribution in [-0.2, 0) is 0 Å². The lowest BCUT2D eigenvalue weighted by molar-refractivity contribution is 0.0697. The summed E-state index contributed by atoms with van der Waals surface area (Å²) in [6.45, 7) is 2.10. The highest BCUT2D eigenvalue weighted by atomic mass is 16.4. The standard InChI is InChI=1S/C16H17NO3/c1-11-7-8-14(13(9-11)16(19)20)17-10-15(18)12-5-3-2-4-6-12/h2-9,15,17-18H,10H2,1H3,(H,19,20). The maximum atomic E-state index is 11.2. The van der Waals surface area contributed by atoms with Crippen LogP contribution in [0.4, 0.5) is 5.69 Å². The van der Waals surface area contributed by atoms with E-state index in [4.69, 9.17) is 5.11 Å². The second kappa shape index (κ2) is 6.21. The number of carbonyl (C=O) groups is 1. The fourth-order valence-corrected chi connectivity index (χ4v) is 1.99. The smallest absolute Gasteiger partial charge is 0.337 e. The first kappa shape index (κ1) is 14.1. The third-order valence-corrected chi connectivity index (χ3v) is 3.08. The molecule has 4 nitrogen and oxygen atoms in total. The summed E-state index contributed by atoms with van der Waals surface area (Å²) in [5, 5.41) is 22.2. The Hall–Kier alpha value is -2.33. The Bertz CT molecular complexity index is 596. The highest BCUT2D eigenvalue weighted by molar-refractivity contribution is 5.94. The van der Waals surface area contributed by atoms with Gasteiger partial charge in [-0.25, -0.2) is 4.79 Å². The summed E-state index contributed by atoms with van der Waals surface area (Å²) in [4.78, 5) is 11.2. The third-order valence-electron chi connectivity index (χ3n) is 3.08. The zero-order valence-electron chi connectivity index (χ0n) is 11.2. The molecule has 1 atom stereocenters. The number of nitrogens with one attached hydrogen (secondary N) is 1. The minimum Gasteiger partial charge on any atom is -0.478 e. The first-order chi connectivity index (χ1) is 9.58. The minimum atomic E-state index is -0.981. The summed E-state index contributed by atoms with van der Waals surface area (Å²) in [5.41, 5.74) is 2.41. The number of anilines is 1. The Balaban J connectivity index is 2.09. The Labute approximate surface area is 117 Å². The van der Waals surface area contributed by atoms with Gasteiger partial charge in [-0.2, -0.15) is 0 Å². The molecule has 0 heterocycles. The molecule has 20 heavy (non-hydrogen) atoms. The van der Waals surface area contributed by atoms with Gasteiger partial charge < -0.3 is 15.5 Å². The average molecular weight is 271 g/mol. The van der Waals surface area contributed by atoms with Crippen LogP contribution in [0.25, 0.3) is 0 Å². The predicted molar refractivity (Wildman–Crippen MR) is 78.0 cm³/mol. The van der Waals surface area contributed by atoms with E-state index in [0.717, 1.165) is 11.1 Å². The highest BCUT2D eigenvalue weighted by Gasteiger charge is 2.12. The van der Waals surface area contributed by atoms with E-state index in [0.29, 0.717) is 5.69 Å². The van der Waals surface area contributed by atoms with Gasteiger partial charge in [-0.3, -0.25) is 0 Å². The van der Waals surface area contributed by atoms with Gasteiger partial charge in [-0.1, -0.05) is 42.0 Å². The molecule has 2 aromatic carbocycles. The van der Waals surface area contributed by atoms with Crippen LogP contribution in [0.3, 0.4) is 0 Å². The second-order valence-electron chi connectivity index (χ2n) is 4.66. The quantitative estimate of drug-likeness (QED) is 0.782. The lowest BCUT2D eigenvalue weighted by Gasteiger charge is -2.15. The molecule has 0 aliphatic carbocycles. The fraction of sp³-hybridized carbons (Fsp3) is 0.188. The molecule has 0 aliphatic heterocycles. The molecule has 2 rings (SSSR count). The summed E-state index contributed by atoms with van der Waals surface area (Å²) >= 11 is 0. The molecule has 0 spiro atoms. The number of aliphatic hydroxyl groups excluding tert-OH is 1. The molecule has 3 N–H and O–H groups in total. The predicted octanol–water partition coefficient (Wildman–Crippen LogP) is 2.84. The van der Waals surface area contributed by atoms with Crippen molar-refractivity contribution < 1.29 is 15.0 Å². The molecule has 0 fully saturated rings. The van der Waals surface area contributed by atoms with E-state index in [1.165, 1.54) is 0 Å². The lowest BCUT2D eigenvalue weighted by atomic mass is 10.1. The van der Waals surface area contributed by atoms with E-state index in [1.807, 2.05) is 43.3 Å². The van der Waals surface area contributed by atoms with E-state index < -0.39 is 12.1 Å². The Kier molecular flexibility index (Phi) is 4.38. The van der Waals surface area contributed by atoms with Gasteiger partial charge in [-0.05, 0) is 24.6 Å². The highest BCUT2D eigenvalue weighted by Crippen LogP contribution is 2.19. The van der Waals surface area contributed by atoms with Crippen LogP contribution < -0.4 is 5.32 Å². The van der Waals surface area contributed by atoms with Gasteiger partial charge in [0.1, 0.15) is 0 Å². The third kappa shape index (κ3) is 3.36. The van der Waals surface area contributed by atoms with Crippen molar-refractivity contribution in [2.24, 2.45) is 0 Å². The molecule has 104 valence electrons. The van der Waals surface area contributed by atoms with Crippen molar-refractivity contribution in [1.29, 1.82) is 0 Å². The molecule has 2 aromatic rings. The molecule has 0 aliphatic rings. The Morgan fingerprint density at radius 2 is 1.90 bits per heavy atom. The van der Waals surface area contributed by atoms with Crippen LogP contribution in [0.5, 0.6) is 0 Å². The molecule has 0 bridgehead atoms. The normalized spacial score (nSPS) is 11.9. The van der Waals surface area contributed by atoms with Crippen molar-refractivity contribution >= 4 is 11.7 Å². The molecule has 0 saturated heterocycles. The van der Waals surface area contributed by atoms with Crippen molar-refractivity contribution in [3.63, 3.8) is 0 Å². The number of carboxylic acids is 1. The number of aromatic carboxylic acids is 1. The van der Waals surface area contributed by atoms with Gasteiger partial charge in [0.05, 0.1) is 11.7 Å². The SMILES string of the molecule is Cc1ccc(NCC(O)c2ccccc2)c(C(=O)O)c1. The van der Waals surface area contributed by atoms with Crippen LogP contribution in [-0.4, -0.2) is 22.7 Å². The summed E-state index contributed by atoms with van der Waals surface area (Å²) in [7, 11) is 0. The van der Waals surface area contributed by atoms with E-state index >= 15 is 0 Å². The number of hydrogen-bond donors (Lipinski definition) is 3. The lowest BCUT2D eigenvalue weighted by Crippen LogP contribution is -2.14. The largest absolute Gasteiger partial charge is 0.478 e. The Morgan fingerprint density at radius 1 is 1.20 bits per heavy atom. The maximum absolute atomic E-state index is 11.2. The van der Waals surface area contributed by atoms with Crippen molar-refractivity contribution in [1.82, 2.24) is 0 Å². The average Bonchev–Trinajstić information content (AvgIpc) is 2.46. The van der Waals surface area contributed by atoms with Crippen LogP contribution in [0, 0.1) is 6.92 Å². The summed E-state index contributed by atoms with van der Waals surface area (Å²) in [6, 6.07) is 14.4. The van der Waals surface area contributed by atoms with E-state index in [9.17, 15) is 9.90 Å². The zero-order valence-corrected chi connectivity index (χ0v) is 11.2. The van der Waals surface area contributed by atoms with Crippen molar-refractivity contribution in [3.05, 3.63) is 65.2 Å². The number of hydrogen-bond acceptors (Lipinski definition) is 3. The molecular weight excluding hydrogens is 254 g/mol. The molecule has 0 saturated carbocycles. The van der Waals surface area contributed by atoms with E-state index in [2.05, 4.69) is 5.32 Å². The van der Waals surface area contributed by atoms with Crippen LogP contribution in [0.15, 0.2) is 48.5 Å². The second-order valence-corrected chi connectivity index (χ2v) is 4.66. The number of benzene rings is 2. The number of aliphatic hydroxyl groups is 1. The van der Waals surface area contributed by atoms with Crippen molar-refractivity contribution in [2.45, 2.75) is 13.0 Å². The number of aryl methyl sites for hydroxylation is 1. The number of rotatable bonds is 5. The van der Waals surface area contributed by atoms with Gasteiger partial charge in [0.25, 0.3) is 0 Å². The minimum absolute atomic E-state index is 0.213. The molecule has 0 amide bonds. The molecule has 0 radical (unpaired) electrons. The fourth-order valence-electron chi connectivity index (χ4n) is 1.99. The first-order valence-corrected chi connectivity index (χ1v) is 6.39.